The maximum atomic E-state index is 6.30. The molecule has 0 aliphatic rings. The highest BCUT2D eigenvalue weighted by Crippen LogP contribution is 2.35. The Balaban J connectivity index is 1.49. The molecule has 0 aromatic heterocycles. The Morgan fingerprint density at radius 2 is 1.55 bits per heavy atom. The van der Waals surface area contributed by atoms with Crippen molar-refractivity contribution >= 4 is 39.1 Å². The smallest absolute Gasteiger partial charge is 0.174 e. The highest BCUT2D eigenvalue weighted by atomic mass is 127. The minimum atomic E-state index is 0.487. The lowest BCUT2D eigenvalue weighted by atomic mass is 10.1. The molecular weight excluding hydrogens is 525 g/mol. The van der Waals surface area contributed by atoms with Gasteiger partial charge in [-0.05, 0) is 94.7 Å². The zero-order valence-corrected chi connectivity index (χ0v) is 21.1. The molecule has 0 fully saturated rings. The Labute approximate surface area is 209 Å². The Bertz CT molecular complexity index is 1200. The van der Waals surface area contributed by atoms with Crippen LogP contribution in [-0.4, -0.2) is 13.2 Å². The van der Waals surface area contributed by atoms with Crippen molar-refractivity contribution in [3.05, 3.63) is 93.6 Å². The summed E-state index contributed by atoms with van der Waals surface area (Å²) in [5.41, 5.74) is 3.34. The minimum absolute atomic E-state index is 0.487. The molecule has 0 radical (unpaired) electrons. The van der Waals surface area contributed by atoms with Gasteiger partial charge in [-0.1, -0.05) is 42.5 Å². The van der Waals surface area contributed by atoms with Gasteiger partial charge >= 0.3 is 0 Å². The molecule has 170 valence electrons. The first kappa shape index (κ1) is 23.2. The average molecular weight is 553 g/mol. The average Bonchev–Trinajstić information content (AvgIpc) is 2.83. The number of ether oxygens (including phenoxy) is 3. The highest BCUT2D eigenvalue weighted by molar-refractivity contribution is 14.1. The fraction of sp³-hybridized carbons (Fsp3) is 0.214. The van der Waals surface area contributed by atoms with Crippen LogP contribution in [0, 0.1) is 3.57 Å². The third kappa shape index (κ3) is 5.90. The zero-order valence-electron chi connectivity index (χ0n) is 18.9. The van der Waals surface area contributed by atoms with Gasteiger partial charge in [0.15, 0.2) is 11.5 Å². The van der Waals surface area contributed by atoms with Gasteiger partial charge in [0.05, 0.1) is 16.8 Å². The summed E-state index contributed by atoms with van der Waals surface area (Å²) in [5.74, 6) is 2.44. The number of hydrogen-bond acceptors (Lipinski definition) is 4. The molecule has 4 aromatic rings. The standard InChI is InChI=1S/C28H28INO3/c1-3-31-24-14-12-23(13-15-24)30-18-20-16-26(29)28(27(17-20)32-4-2)33-19-22-10-7-9-21-8-5-6-11-25(21)22/h5-17,30H,3-4,18-19H2,1-2H3. The van der Waals surface area contributed by atoms with E-state index in [1.165, 1.54) is 10.8 Å². The van der Waals surface area contributed by atoms with Crippen LogP contribution in [-0.2, 0) is 13.2 Å². The normalized spacial score (nSPS) is 10.8. The van der Waals surface area contributed by atoms with Crippen LogP contribution in [0.4, 0.5) is 5.69 Å². The van der Waals surface area contributed by atoms with E-state index in [0.29, 0.717) is 26.4 Å². The van der Waals surface area contributed by atoms with Crippen LogP contribution in [0.25, 0.3) is 10.8 Å². The summed E-state index contributed by atoms with van der Waals surface area (Å²) in [5, 5.41) is 5.90. The molecule has 5 heteroatoms. The molecule has 4 nitrogen and oxygen atoms in total. The molecule has 0 aliphatic carbocycles. The summed E-state index contributed by atoms with van der Waals surface area (Å²) >= 11 is 2.33. The molecule has 1 N–H and O–H groups in total. The number of rotatable bonds is 10. The molecule has 0 amide bonds. The van der Waals surface area contributed by atoms with Crippen molar-refractivity contribution in [3.8, 4) is 17.2 Å². The molecular formula is C28H28INO3. The Kier molecular flexibility index (Phi) is 7.94. The zero-order chi connectivity index (χ0) is 23.0. The van der Waals surface area contributed by atoms with Crippen molar-refractivity contribution in [2.75, 3.05) is 18.5 Å². The topological polar surface area (TPSA) is 39.7 Å². The summed E-state index contributed by atoms with van der Waals surface area (Å²) in [7, 11) is 0. The fourth-order valence-corrected chi connectivity index (χ4v) is 4.56. The molecule has 0 aliphatic heterocycles. The van der Waals surface area contributed by atoms with E-state index in [-0.39, 0.29) is 0 Å². The van der Waals surface area contributed by atoms with Gasteiger partial charge < -0.3 is 19.5 Å². The van der Waals surface area contributed by atoms with Crippen LogP contribution < -0.4 is 19.5 Å². The lowest BCUT2D eigenvalue weighted by Crippen LogP contribution is -2.05. The Morgan fingerprint density at radius 1 is 0.788 bits per heavy atom. The lowest BCUT2D eigenvalue weighted by molar-refractivity contribution is 0.268. The second-order valence-electron chi connectivity index (χ2n) is 7.58. The van der Waals surface area contributed by atoms with Gasteiger partial charge in [-0.15, -0.1) is 0 Å². The minimum Gasteiger partial charge on any atom is -0.494 e. The number of benzene rings is 4. The van der Waals surface area contributed by atoms with Gasteiger partial charge in [-0.25, -0.2) is 0 Å². The van der Waals surface area contributed by atoms with Crippen molar-refractivity contribution in [3.63, 3.8) is 0 Å². The van der Waals surface area contributed by atoms with Crippen molar-refractivity contribution in [2.24, 2.45) is 0 Å². The first-order valence-electron chi connectivity index (χ1n) is 11.2. The van der Waals surface area contributed by atoms with Gasteiger partial charge in [-0.3, -0.25) is 0 Å². The summed E-state index contributed by atoms with van der Waals surface area (Å²) in [6, 6.07) is 26.9. The highest BCUT2D eigenvalue weighted by Gasteiger charge is 2.13. The Morgan fingerprint density at radius 3 is 2.33 bits per heavy atom. The Hall–Kier alpha value is -2.93. The predicted octanol–water partition coefficient (Wildman–Crippen LogP) is 7.43. The van der Waals surface area contributed by atoms with Crippen LogP contribution in [0.15, 0.2) is 78.9 Å². The van der Waals surface area contributed by atoms with Crippen LogP contribution in [0.2, 0.25) is 0 Å². The molecule has 33 heavy (non-hydrogen) atoms. The van der Waals surface area contributed by atoms with E-state index >= 15 is 0 Å². The molecule has 0 saturated carbocycles. The van der Waals surface area contributed by atoms with E-state index in [2.05, 4.69) is 82.5 Å². The van der Waals surface area contributed by atoms with Crippen molar-refractivity contribution < 1.29 is 14.2 Å². The number of anilines is 1. The van der Waals surface area contributed by atoms with E-state index in [9.17, 15) is 0 Å². The van der Waals surface area contributed by atoms with Crippen LogP contribution in [0.3, 0.4) is 0 Å². The maximum absolute atomic E-state index is 6.30. The van der Waals surface area contributed by atoms with Crippen LogP contribution in [0.1, 0.15) is 25.0 Å². The summed E-state index contributed by atoms with van der Waals surface area (Å²) in [6.07, 6.45) is 0. The molecule has 0 bridgehead atoms. The van der Waals surface area contributed by atoms with Gasteiger partial charge in [0.1, 0.15) is 12.4 Å². The van der Waals surface area contributed by atoms with Gasteiger partial charge in [0.2, 0.25) is 0 Å². The van der Waals surface area contributed by atoms with Crippen molar-refractivity contribution in [2.45, 2.75) is 27.0 Å². The van der Waals surface area contributed by atoms with Gasteiger partial charge in [0.25, 0.3) is 0 Å². The van der Waals surface area contributed by atoms with E-state index in [4.69, 9.17) is 14.2 Å². The second-order valence-corrected chi connectivity index (χ2v) is 8.74. The summed E-state index contributed by atoms with van der Waals surface area (Å²) in [4.78, 5) is 0. The lowest BCUT2D eigenvalue weighted by Gasteiger charge is -2.17. The number of halogens is 1. The molecule has 0 saturated heterocycles. The first-order chi connectivity index (χ1) is 16.2. The van der Waals surface area contributed by atoms with E-state index in [1.807, 2.05) is 38.1 Å². The third-order valence-electron chi connectivity index (χ3n) is 5.28. The first-order valence-corrected chi connectivity index (χ1v) is 12.3. The van der Waals surface area contributed by atoms with E-state index in [0.717, 1.165) is 37.6 Å². The van der Waals surface area contributed by atoms with E-state index in [1.54, 1.807) is 0 Å². The number of fused-ring (bicyclic) bond motifs is 1. The molecule has 0 unspecified atom stereocenters. The maximum Gasteiger partial charge on any atom is 0.174 e. The molecule has 4 rings (SSSR count). The fourth-order valence-electron chi connectivity index (χ4n) is 3.73. The van der Waals surface area contributed by atoms with Gasteiger partial charge in [-0.2, -0.15) is 0 Å². The largest absolute Gasteiger partial charge is 0.494 e. The van der Waals surface area contributed by atoms with Crippen molar-refractivity contribution in [1.82, 2.24) is 0 Å². The van der Waals surface area contributed by atoms with Crippen LogP contribution >= 0.6 is 22.6 Å². The van der Waals surface area contributed by atoms with Crippen LogP contribution in [0.5, 0.6) is 17.2 Å². The second kappa shape index (κ2) is 11.3. The molecule has 4 aromatic carbocycles. The predicted molar refractivity (Wildman–Crippen MR) is 144 cm³/mol. The SMILES string of the molecule is CCOc1ccc(NCc2cc(I)c(OCc3cccc4ccccc34)c(OCC)c2)cc1. The molecule has 0 spiro atoms. The quantitative estimate of drug-likeness (QED) is 0.207. The van der Waals surface area contributed by atoms with Gasteiger partial charge in [0, 0.05) is 12.2 Å². The van der Waals surface area contributed by atoms with E-state index < -0.39 is 0 Å². The molecule has 0 atom stereocenters. The summed E-state index contributed by atoms with van der Waals surface area (Å²) in [6.45, 7) is 6.40. The number of nitrogens with one attached hydrogen (secondary N) is 1. The van der Waals surface area contributed by atoms with Crippen molar-refractivity contribution in [1.29, 1.82) is 0 Å². The number of hydrogen-bond donors (Lipinski definition) is 1. The third-order valence-corrected chi connectivity index (χ3v) is 6.08. The molecule has 0 heterocycles. The monoisotopic (exact) mass is 553 g/mol. The summed E-state index contributed by atoms with van der Waals surface area (Å²) < 4.78 is 18.8.